The quantitative estimate of drug-likeness (QED) is 0.437. The van der Waals surface area contributed by atoms with Crippen molar-refractivity contribution in [1.82, 2.24) is 14.5 Å². The number of non-ortho nitro benzene ring substituents is 1. The van der Waals surface area contributed by atoms with Gasteiger partial charge in [-0.15, -0.1) is 12.4 Å². The molecule has 2 rings (SSSR count). The highest BCUT2D eigenvalue weighted by Crippen LogP contribution is 2.22. The summed E-state index contributed by atoms with van der Waals surface area (Å²) in [5, 5.41) is 13.2. The third kappa shape index (κ3) is 5.60. The van der Waals surface area contributed by atoms with Crippen LogP contribution in [0.5, 0.6) is 0 Å². The number of piperazine rings is 1. The van der Waals surface area contributed by atoms with Crippen LogP contribution in [0.15, 0.2) is 29.2 Å². The van der Waals surface area contributed by atoms with Gasteiger partial charge in [-0.25, -0.2) is 8.42 Å². The molecule has 1 aliphatic rings. The van der Waals surface area contributed by atoms with Gasteiger partial charge in [0.1, 0.15) is 0 Å². The third-order valence-electron chi connectivity index (χ3n) is 3.88. The van der Waals surface area contributed by atoms with Crippen LogP contribution in [0, 0.1) is 10.1 Å². The summed E-state index contributed by atoms with van der Waals surface area (Å²) in [6.07, 6.45) is 0. The van der Waals surface area contributed by atoms with E-state index in [0.717, 1.165) is 6.07 Å². The van der Waals surface area contributed by atoms with Gasteiger partial charge in [0.15, 0.2) is 0 Å². The molecule has 1 aromatic rings. The van der Waals surface area contributed by atoms with Gasteiger partial charge >= 0.3 is 0 Å². The van der Waals surface area contributed by atoms with Gasteiger partial charge in [0.25, 0.3) is 5.69 Å². The lowest BCUT2D eigenvalue weighted by atomic mass is 10.3. The van der Waals surface area contributed by atoms with E-state index in [2.05, 4.69) is 5.32 Å². The molecule has 0 unspecified atom stereocenters. The summed E-state index contributed by atoms with van der Waals surface area (Å²) in [7, 11) is -3.89. The zero-order chi connectivity index (χ0) is 19.3. The van der Waals surface area contributed by atoms with Gasteiger partial charge in [0, 0.05) is 38.3 Å². The maximum absolute atomic E-state index is 12.6. The minimum Gasteiger partial charge on any atom is -0.346 e. The molecule has 1 fully saturated rings. The molecule has 27 heavy (non-hydrogen) atoms. The molecule has 0 atom stereocenters. The Labute approximate surface area is 162 Å². The second kappa shape index (κ2) is 9.60. The molecule has 0 saturated carbocycles. The van der Waals surface area contributed by atoms with Crippen LogP contribution in [-0.4, -0.2) is 73.6 Å². The number of halogens is 1. The van der Waals surface area contributed by atoms with E-state index in [1.807, 2.05) is 0 Å². The van der Waals surface area contributed by atoms with Crippen LogP contribution < -0.4 is 11.1 Å². The number of nitrogens with two attached hydrogens (primary N) is 1. The van der Waals surface area contributed by atoms with Gasteiger partial charge in [0.2, 0.25) is 21.8 Å². The lowest BCUT2D eigenvalue weighted by Crippen LogP contribution is -2.52. The Morgan fingerprint density at radius 2 is 1.85 bits per heavy atom. The van der Waals surface area contributed by atoms with Crippen molar-refractivity contribution in [2.24, 2.45) is 5.73 Å². The van der Waals surface area contributed by atoms with E-state index in [9.17, 15) is 28.1 Å². The first-order valence-electron chi connectivity index (χ1n) is 7.75. The number of nitro groups is 1. The van der Waals surface area contributed by atoms with Crippen molar-refractivity contribution in [3.8, 4) is 0 Å². The van der Waals surface area contributed by atoms with Crippen LogP contribution in [0.3, 0.4) is 0 Å². The number of benzene rings is 1. The fraction of sp³-hybridized carbons (Fsp3) is 0.429. The Hall–Kier alpha value is -2.28. The largest absolute Gasteiger partial charge is 0.346 e. The lowest BCUT2D eigenvalue weighted by molar-refractivity contribution is -0.385. The van der Waals surface area contributed by atoms with Crippen LogP contribution in [0.25, 0.3) is 0 Å². The summed E-state index contributed by atoms with van der Waals surface area (Å²) in [4.78, 5) is 34.5. The predicted molar refractivity (Wildman–Crippen MR) is 97.7 cm³/mol. The number of nitrogens with zero attached hydrogens (tertiary/aromatic N) is 3. The second-order valence-electron chi connectivity index (χ2n) is 5.52. The van der Waals surface area contributed by atoms with Crippen LogP contribution >= 0.6 is 12.4 Å². The molecular weight excluding hydrogens is 402 g/mol. The topological polar surface area (TPSA) is 156 Å². The Morgan fingerprint density at radius 1 is 1.22 bits per heavy atom. The van der Waals surface area contributed by atoms with Gasteiger partial charge in [-0.05, 0) is 6.07 Å². The monoisotopic (exact) mass is 421 g/mol. The fourth-order valence-electron chi connectivity index (χ4n) is 2.44. The standard InChI is InChI=1S/C14H19N5O6S.ClH/c15-9-13(20)16-10-14(21)17-4-6-18(7-5-17)26(24,25)12-3-1-2-11(8-12)19(22)23;/h1-3,8H,4-7,9-10,15H2,(H,16,20);1H. The number of nitro benzene ring substituents is 1. The number of rotatable bonds is 6. The predicted octanol–water partition coefficient (Wildman–Crippen LogP) is -1.08. The number of sulfonamides is 1. The Kier molecular flexibility index (Phi) is 8.09. The molecule has 150 valence electrons. The SMILES string of the molecule is Cl.NCC(=O)NCC(=O)N1CCN(S(=O)(=O)c2cccc([N+](=O)[O-])c2)CC1. The van der Waals surface area contributed by atoms with E-state index in [0.29, 0.717) is 0 Å². The van der Waals surface area contributed by atoms with Crippen molar-refractivity contribution in [3.05, 3.63) is 34.4 Å². The molecule has 3 N–H and O–H groups in total. The van der Waals surface area contributed by atoms with Crippen molar-refractivity contribution < 1.29 is 22.9 Å². The smallest absolute Gasteiger partial charge is 0.270 e. The average Bonchev–Trinajstić information content (AvgIpc) is 2.65. The molecule has 1 aliphatic heterocycles. The summed E-state index contributed by atoms with van der Waals surface area (Å²) in [6, 6.07) is 4.83. The van der Waals surface area contributed by atoms with Gasteiger partial charge < -0.3 is 16.0 Å². The van der Waals surface area contributed by atoms with Gasteiger partial charge in [-0.2, -0.15) is 4.31 Å². The number of hydrogen-bond acceptors (Lipinski definition) is 7. The molecule has 1 heterocycles. The normalized spacial score (nSPS) is 14.9. The Bertz CT molecular complexity index is 810. The van der Waals surface area contributed by atoms with E-state index < -0.39 is 20.9 Å². The number of nitrogens with one attached hydrogen (secondary N) is 1. The van der Waals surface area contributed by atoms with Crippen LogP contribution in [0.4, 0.5) is 5.69 Å². The van der Waals surface area contributed by atoms with Gasteiger partial charge in [-0.1, -0.05) is 6.07 Å². The molecule has 1 saturated heterocycles. The van der Waals surface area contributed by atoms with E-state index in [1.54, 1.807) is 0 Å². The molecule has 0 bridgehead atoms. The highest BCUT2D eigenvalue weighted by Gasteiger charge is 2.30. The van der Waals surface area contributed by atoms with Crippen molar-refractivity contribution in [1.29, 1.82) is 0 Å². The van der Waals surface area contributed by atoms with Crippen LogP contribution in [-0.2, 0) is 19.6 Å². The van der Waals surface area contributed by atoms with Gasteiger partial charge in [0.05, 0.1) is 22.9 Å². The maximum atomic E-state index is 12.6. The van der Waals surface area contributed by atoms with Crippen molar-refractivity contribution in [3.63, 3.8) is 0 Å². The molecule has 0 radical (unpaired) electrons. The van der Waals surface area contributed by atoms with E-state index in [-0.39, 0.29) is 68.2 Å². The van der Waals surface area contributed by atoms with Gasteiger partial charge in [-0.3, -0.25) is 19.7 Å². The van der Waals surface area contributed by atoms with Crippen molar-refractivity contribution >= 4 is 39.9 Å². The molecular formula is C14H20ClN5O6S. The van der Waals surface area contributed by atoms with Crippen molar-refractivity contribution in [2.75, 3.05) is 39.3 Å². The van der Waals surface area contributed by atoms with E-state index in [1.165, 1.54) is 27.4 Å². The molecule has 2 amide bonds. The summed E-state index contributed by atoms with van der Waals surface area (Å²) in [5.74, 6) is -0.788. The minimum absolute atomic E-state index is 0. The summed E-state index contributed by atoms with van der Waals surface area (Å²) >= 11 is 0. The number of carbonyl (C=O) groups excluding carboxylic acids is 2. The summed E-state index contributed by atoms with van der Waals surface area (Å²) in [6.45, 7) is 0.0103. The zero-order valence-electron chi connectivity index (χ0n) is 14.2. The van der Waals surface area contributed by atoms with Crippen LogP contribution in [0.1, 0.15) is 0 Å². The third-order valence-corrected chi connectivity index (χ3v) is 5.77. The highest BCUT2D eigenvalue weighted by molar-refractivity contribution is 7.89. The Balaban J connectivity index is 0.00000364. The molecule has 13 heteroatoms. The second-order valence-corrected chi connectivity index (χ2v) is 7.46. The zero-order valence-corrected chi connectivity index (χ0v) is 15.9. The summed E-state index contributed by atoms with van der Waals surface area (Å²) < 4.78 is 26.4. The Morgan fingerprint density at radius 3 is 2.41 bits per heavy atom. The number of amides is 2. The molecule has 11 nitrogen and oxygen atoms in total. The van der Waals surface area contributed by atoms with E-state index >= 15 is 0 Å². The van der Waals surface area contributed by atoms with E-state index in [4.69, 9.17) is 5.73 Å². The molecule has 0 aliphatic carbocycles. The first kappa shape index (κ1) is 22.8. The average molecular weight is 422 g/mol. The number of carbonyl (C=O) groups is 2. The molecule has 0 aromatic heterocycles. The van der Waals surface area contributed by atoms with Crippen LogP contribution in [0.2, 0.25) is 0 Å². The molecule has 0 spiro atoms. The molecule has 1 aromatic carbocycles. The van der Waals surface area contributed by atoms with Crippen molar-refractivity contribution in [2.45, 2.75) is 4.90 Å². The number of hydrogen-bond donors (Lipinski definition) is 2. The highest BCUT2D eigenvalue weighted by atomic mass is 35.5. The maximum Gasteiger partial charge on any atom is 0.270 e. The first-order chi connectivity index (χ1) is 12.3. The first-order valence-corrected chi connectivity index (χ1v) is 9.19. The summed E-state index contributed by atoms with van der Waals surface area (Å²) in [5.41, 5.74) is 4.83. The fourth-order valence-corrected chi connectivity index (χ4v) is 3.91. The minimum atomic E-state index is -3.89. The lowest BCUT2D eigenvalue weighted by Gasteiger charge is -2.34.